The third-order valence-corrected chi connectivity index (χ3v) is 15.5. The lowest BCUT2D eigenvalue weighted by atomic mass is 9.47. The van der Waals surface area contributed by atoms with Gasteiger partial charge in [0.05, 0.1) is 33.7 Å². The van der Waals surface area contributed by atoms with E-state index < -0.39 is 16.6 Å². The van der Waals surface area contributed by atoms with Crippen LogP contribution in [0.2, 0.25) is 0 Å². The van der Waals surface area contributed by atoms with Crippen molar-refractivity contribution < 1.29 is 0 Å². The summed E-state index contributed by atoms with van der Waals surface area (Å²) in [5, 5.41) is 0. The average Bonchev–Trinajstić information content (AvgIpc) is 3.43. The molecular formula is C67H58N6. The topological polar surface area (TPSA) is 75.8 Å². The first-order valence-electron chi connectivity index (χ1n) is 25.8. The van der Waals surface area contributed by atoms with E-state index >= 15 is 0 Å². The molecule has 3 aromatic heterocycles. The van der Waals surface area contributed by atoms with Crippen LogP contribution in [-0.4, -0.2) is 48.7 Å². The molecule has 0 aliphatic heterocycles. The SMILES string of the molecule is CC(=NC12CC3CC(N=C(C)c4cnc(-c5ccccc5)cc4-c4ccccc4)(C1)CC(N=C(C)c1cnc(-c4ccccc4)cc1-c1ccccc1)(C3)C2)c1cnc(-c2ccccc2)cc1-c1ccccc1. The van der Waals surface area contributed by atoms with Crippen molar-refractivity contribution in [1.82, 2.24) is 15.0 Å². The van der Waals surface area contributed by atoms with E-state index in [1.807, 2.05) is 0 Å². The Morgan fingerprint density at radius 2 is 0.575 bits per heavy atom. The molecule has 4 aliphatic carbocycles. The molecular weight excluding hydrogens is 889 g/mol. The predicted octanol–water partition coefficient (Wildman–Crippen LogP) is 15.9. The van der Waals surface area contributed by atoms with Gasteiger partial charge in [-0.05, 0) is 117 Å². The van der Waals surface area contributed by atoms with E-state index in [0.717, 1.165) is 140 Å². The Hall–Kier alpha value is -8.22. The van der Waals surface area contributed by atoms with Crippen LogP contribution in [-0.2, 0) is 0 Å². The van der Waals surface area contributed by atoms with Crippen LogP contribution in [0.1, 0.15) is 76.0 Å². The second kappa shape index (κ2) is 19.1. The Morgan fingerprint density at radius 1 is 0.342 bits per heavy atom. The molecule has 0 unspecified atom stereocenters. The zero-order chi connectivity index (χ0) is 49.4. The quantitative estimate of drug-likeness (QED) is 0.115. The summed E-state index contributed by atoms with van der Waals surface area (Å²) in [6, 6.07) is 70.2. The minimum absolute atomic E-state index is 0.382. The highest BCUT2D eigenvalue weighted by Gasteiger charge is 2.64. The Kier molecular flexibility index (Phi) is 12.0. The Bertz CT molecular complexity index is 3150. The van der Waals surface area contributed by atoms with E-state index in [0.29, 0.717) is 5.92 Å². The third-order valence-electron chi connectivity index (χ3n) is 15.5. The number of rotatable bonds is 12. The zero-order valence-corrected chi connectivity index (χ0v) is 41.8. The van der Waals surface area contributed by atoms with Gasteiger partial charge < -0.3 is 0 Å². The molecule has 4 fully saturated rings. The van der Waals surface area contributed by atoms with Crippen molar-refractivity contribution in [2.45, 2.75) is 75.9 Å². The molecule has 0 atom stereocenters. The lowest BCUT2D eigenvalue weighted by Gasteiger charge is -2.63. The number of aliphatic imine (C=N–C) groups is 3. The normalized spacial score (nSPS) is 21.6. The van der Waals surface area contributed by atoms with Crippen LogP contribution in [0.15, 0.2) is 234 Å². The first kappa shape index (κ1) is 45.9. The largest absolute Gasteiger partial charge is 0.283 e. The molecule has 4 bridgehead atoms. The van der Waals surface area contributed by atoms with E-state index in [4.69, 9.17) is 29.9 Å². The highest BCUT2D eigenvalue weighted by atomic mass is 15.1. The van der Waals surface area contributed by atoms with Crippen molar-refractivity contribution in [3.05, 3.63) is 235 Å². The fourth-order valence-corrected chi connectivity index (χ4v) is 13.0. The number of nitrogens with zero attached hydrogens (tertiary/aromatic N) is 6. The number of hydrogen-bond donors (Lipinski definition) is 0. The van der Waals surface area contributed by atoms with E-state index in [-0.39, 0.29) is 0 Å². The molecule has 4 aliphatic rings. The Morgan fingerprint density at radius 3 is 0.822 bits per heavy atom. The summed E-state index contributed by atoms with van der Waals surface area (Å²) in [5.74, 6) is 0.382. The fraction of sp³-hybridized carbons (Fsp3) is 0.194. The molecule has 356 valence electrons. The van der Waals surface area contributed by atoms with Crippen LogP contribution < -0.4 is 0 Å². The van der Waals surface area contributed by atoms with E-state index in [1.54, 1.807) is 0 Å². The van der Waals surface area contributed by atoms with Gasteiger partial charge in [-0.25, -0.2) is 0 Å². The zero-order valence-electron chi connectivity index (χ0n) is 41.8. The first-order chi connectivity index (χ1) is 35.7. The maximum Gasteiger partial charge on any atom is 0.0708 e. The van der Waals surface area contributed by atoms with Gasteiger partial charge in [0.25, 0.3) is 0 Å². The molecule has 0 spiro atoms. The number of aromatic nitrogens is 3. The molecule has 73 heavy (non-hydrogen) atoms. The van der Waals surface area contributed by atoms with Gasteiger partial charge in [-0.2, -0.15) is 0 Å². The van der Waals surface area contributed by atoms with Gasteiger partial charge in [0.15, 0.2) is 0 Å². The van der Waals surface area contributed by atoms with Crippen molar-refractivity contribution in [2.24, 2.45) is 20.9 Å². The van der Waals surface area contributed by atoms with Crippen molar-refractivity contribution in [1.29, 1.82) is 0 Å². The summed E-state index contributed by atoms with van der Waals surface area (Å²) in [7, 11) is 0. The molecule has 13 rings (SSSR count). The van der Waals surface area contributed by atoms with Gasteiger partial charge in [-0.15, -0.1) is 0 Å². The molecule has 0 radical (unpaired) electrons. The van der Waals surface area contributed by atoms with Crippen LogP contribution >= 0.6 is 0 Å². The molecule has 6 heteroatoms. The molecule has 0 amide bonds. The van der Waals surface area contributed by atoms with Gasteiger partial charge in [0.1, 0.15) is 0 Å². The van der Waals surface area contributed by atoms with E-state index in [9.17, 15) is 0 Å². The summed E-state index contributed by atoms with van der Waals surface area (Å²) < 4.78 is 0. The molecule has 4 saturated carbocycles. The molecule has 6 nitrogen and oxygen atoms in total. The second-order valence-corrected chi connectivity index (χ2v) is 20.8. The first-order valence-corrected chi connectivity index (χ1v) is 25.8. The summed E-state index contributed by atoms with van der Waals surface area (Å²) in [4.78, 5) is 33.3. The van der Waals surface area contributed by atoms with Crippen molar-refractivity contribution >= 4 is 17.1 Å². The van der Waals surface area contributed by atoms with Gasteiger partial charge in [0, 0.05) is 69.1 Å². The molecule has 6 aromatic carbocycles. The second-order valence-electron chi connectivity index (χ2n) is 20.8. The van der Waals surface area contributed by atoms with Gasteiger partial charge >= 0.3 is 0 Å². The van der Waals surface area contributed by atoms with E-state index in [2.05, 4.69) is 240 Å². The highest BCUT2D eigenvalue weighted by molar-refractivity contribution is 6.07. The molecule has 3 heterocycles. The standard InChI is InChI=1S/C67H58N6/c1-46(59-40-68-62(53-28-16-7-17-29-53)34-56(59)50-22-10-4-11-23-50)71-65-37-49-38-66(43-65,72-47(2)60-41-69-63(54-30-18-8-19-31-54)35-57(60)51-24-12-5-13-25-51)45-67(39-49,44-65)73-48(3)61-42-70-64(55-32-20-9-21-33-55)36-58(61)52-26-14-6-15-27-52/h4-36,40-42,49H,37-39,43-45H2,1-3H3. The minimum Gasteiger partial charge on any atom is -0.283 e. The highest BCUT2D eigenvalue weighted by Crippen LogP contribution is 2.64. The van der Waals surface area contributed by atoms with Crippen molar-refractivity contribution in [2.75, 3.05) is 0 Å². The number of pyridine rings is 3. The maximum absolute atomic E-state index is 6.01. The fourth-order valence-electron chi connectivity index (χ4n) is 13.0. The van der Waals surface area contributed by atoms with Crippen LogP contribution in [0.25, 0.3) is 67.2 Å². The van der Waals surface area contributed by atoms with Crippen LogP contribution in [0.4, 0.5) is 0 Å². The lowest BCUT2D eigenvalue weighted by Crippen LogP contribution is -2.64. The van der Waals surface area contributed by atoms with Gasteiger partial charge in [-0.1, -0.05) is 182 Å². The van der Waals surface area contributed by atoms with Crippen LogP contribution in [0, 0.1) is 5.92 Å². The molecule has 9 aromatic rings. The van der Waals surface area contributed by atoms with Crippen molar-refractivity contribution in [3.63, 3.8) is 0 Å². The average molecular weight is 947 g/mol. The third kappa shape index (κ3) is 9.19. The Labute approximate surface area is 429 Å². The number of benzene rings is 6. The monoisotopic (exact) mass is 946 g/mol. The summed E-state index contributed by atoms with van der Waals surface area (Å²) >= 11 is 0. The Balaban J connectivity index is 1.00. The molecule has 0 saturated heterocycles. The predicted molar refractivity (Wildman–Crippen MR) is 301 cm³/mol. The summed E-state index contributed by atoms with van der Waals surface area (Å²) in [6.45, 7) is 6.60. The summed E-state index contributed by atoms with van der Waals surface area (Å²) in [6.07, 6.45) is 11.7. The molecule has 0 N–H and O–H groups in total. The van der Waals surface area contributed by atoms with Gasteiger partial charge in [0.2, 0.25) is 0 Å². The number of hydrogen-bond acceptors (Lipinski definition) is 6. The lowest BCUT2D eigenvalue weighted by molar-refractivity contribution is -0.0300. The van der Waals surface area contributed by atoms with Crippen molar-refractivity contribution in [3.8, 4) is 67.2 Å². The summed E-state index contributed by atoms with van der Waals surface area (Å²) in [5.41, 5.74) is 17.9. The van der Waals surface area contributed by atoms with Gasteiger partial charge in [-0.3, -0.25) is 29.9 Å². The minimum atomic E-state index is -0.404. The van der Waals surface area contributed by atoms with Crippen LogP contribution in [0.3, 0.4) is 0 Å². The van der Waals surface area contributed by atoms with Crippen LogP contribution in [0.5, 0.6) is 0 Å². The van der Waals surface area contributed by atoms with E-state index in [1.165, 1.54) is 0 Å². The smallest absolute Gasteiger partial charge is 0.0708 e. The maximum atomic E-state index is 6.01.